The third kappa shape index (κ3) is 6.33. The molecule has 0 amide bonds. The fourth-order valence-corrected chi connectivity index (χ4v) is 6.23. The van der Waals surface area contributed by atoms with Crippen molar-refractivity contribution >= 4 is 0 Å². The van der Waals surface area contributed by atoms with Gasteiger partial charge in [0.2, 0.25) is 0 Å². The van der Waals surface area contributed by atoms with Crippen LogP contribution in [0.4, 0.5) is 13.2 Å². The molecule has 36 heavy (non-hydrogen) atoms. The van der Waals surface area contributed by atoms with Gasteiger partial charge in [0, 0.05) is 5.56 Å². The Labute approximate surface area is 214 Å². The van der Waals surface area contributed by atoms with Crippen LogP contribution in [0.1, 0.15) is 92.9 Å². The SMILES string of the molecule is C=CCCC1CCC2CC(c3ccc(C#Cc4ccc(CC/C=C/C)c(F)c4)c(F)c3F)CCC2C1. The van der Waals surface area contributed by atoms with Crippen molar-refractivity contribution in [2.24, 2.45) is 17.8 Å². The minimum atomic E-state index is -0.890. The monoisotopic (exact) mass is 490 g/mol. The van der Waals surface area contributed by atoms with E-state index in [1.807, 2.05) is 25.2 Å². The van der Waals surface area contributed by atoms with E-state index < -0.39 is 11.6 Å². The molecule has 2 aromatic rings. The molecule has 0 spiro atoms. The van der Waals surface area contributed by atoms with Gasteiger partial charge >= 0.3 is 0 Å². The fraction of sp³-hybridized carbons (Fsp3) is 0.455. The second-order valence-electron chi connectivity index (χ2n) is 10.6. The molecule has 2 fully saturated rings. The average Bonchev–Trinajstić information content (AvgIpc) is 2.89. The van der Waals surface area contributed by atoms with E-state index in [0.29, 0.717) is 29.0 Å². The summed E-state index contributed by atoms with van der Waals surface area (Å²) in [6.07, 6.45) is 16.3. The maximum Gasteiger partial charge on any atom is 0.174 e. The topological polar surface area (TPSA) is 0 Å². The van der Waals surface area contributed by atoms with Crippen molar-refractivity contribution in [3.05, 3.63) is 94.8 Å². The van der Waals surface area contributed by atoms with Crippen LogP contribution in [0, 0.1) is 47.0 Å². The Bertz CT molecular complexity index is 1150. The van der Waals surface area contributed by atoms with Gasteiger partial charge in [-0.25, -0.2) is 13.2 Å². The largest absolute Gasteiger partial charge is 0.207 e. The smallest absolute Gasteiger partial charge is 0.174 e. The number of benzene rings is 2. The molecule has 0 heterocycles. The lowest BCUT2D eigenvalue weighted by atomic mass is 9.63. The zero-order valence-corrected chi connectivity index (χ0v) is 21.3. The lowest BCUT2D eigenvalue weighted by Crippen LogP contribution is -2.30. The Kier molecular flexibility index (Phi) is 9.13. The number of allylic oxidation sites excluding steroid dienone is 3. The zero-order valence-electron chi connectivity index (χ0n) is 21.3. The molecule has 0 N–H and O–H groups in total. The van der Waals surface area contributed by atoms with Crippen molar-refractivity contribution in [1.82, 2.24) is 0 Å². The van der Waals surface area contributed by atoms with E-state index in [9.17, 15) is 8.78 Å². The summed E-state index contributed by atoms with van der Waals surface area (Å²) in [7, 11) is 0. The fourth-order valence-electron chi connectivity index (χ4n) is 6.23. The van der Waals surface area contributed by atoms with E-state index in [4.69, 9.17) is 0 Å². The summed E-state index contributed by atoms with van der Waals surface area (Å²) in [5.41, 5.74) is 1.58. The molecular formula is C33H37F3. The van der Waals surface area contributed by atoms with Gasteiger partial charge in [-0.05, 0) is 118 Å². The Hall–Kier alpha value is -2.73. The predicted octanol–water partition coefficient (Wildman–Crippen LogP) is 9.28. The second kappa shape index (κ2) is 12.5. The molecular weight excluding hydrogens is 453 g/mol. The quantitative estimate of drug-likeness (QED) is 0.268. The summed E-state index contributed by atoms with van der Waals surface area (Å²) in [6.45, 7) is 5.78. The first-order chi connectivity index (χ1) is 17.5. The van der Waals surface area contributed by atoms with Gasteiger partial charge in [0.25, 0.3) is 0 Å². The minimum Gasteiger partial charge on any atom is -0.207 e. The first-order valence-corrected chi connectivity index (χ1v) is 13.5. The molecule has 2 aliphatic carbocycles. The normalized spacial score (nSPS) is 23.7. The van der Waals surface area contributed by atoms with E-state index in [2.05, 4.69) is 18.4 Å². The maximum absolute atomic E-state index is 15.1. The molecule has 4 rings (SSSR count). The molecule has 0 bridgehead atoms. The Morgan fingerprint density at radius 1 is 0.917 bits per heavy atom. The summed E-state index contributed by atoms with van der Waals surface area (Å²) in [4.78, 5) is 0. The summed E-state index contributed by atoms with van der Waals surface area (Å²) >= 11 is 0. The van der Waals surface area contributed by atoms with Crippen LogP contribution in [-0.2, 0) is 6.42 Å². The van der Waals surface area contributed by atoms with Crippen molar-refractivity contribution in [2.45, 2.75) is 77.0 Å². The molecule has 0 nitrogen and oxygen atoms in total. The third-order valence-electron chi connectivity index (χ3n) is 8.26. The summed E-state index contributed by atoms with van der Waals surface area (Å²) in [6, 6.07) is 8.11. The molecule has 4 atom stereocenters. The van der Waals surface area contributed by atoms with Gasteiger partial charge in [-0.1, -0.05) is 48.6 Å². The van der Waals surface area contributed by atoms with Gasteiger partial charge in [-0.2, -0.15) is 0 Å². The molecule has 3 heteroatoms. The third-order valence-corrected chi connectivity index (χ3v) is 8.26. The highest BCUT2D eigenvalue weighted by Gasteiger charge is 2.36. The standard InChI is InChI=1S/C33H37F3/c1-3-5-7-9-25-13-10-24(21-31(25)34)11-14-26-18-19-30(33(36)32(26)35)29-17-16-27-20-23(8-6-4-2)12-15-28(27)22-29/h3-5,10,13,18-19,21,23,27-29H,2,6-9,12,15-17,20,22H2,1H3/b5-3+. The van der Waals surface area contributed by atoms with Crippen molar-refractivity contribution in [2.75, 3.05) is 0 Å². The van der Waals surface area contributed by atoms with Gasteiger partial charge in [0.05, 0.1) is 5.56 Å². The van der Waals surface area contributed by atoms with Crippen LogP contribution < -0.4 is 0 Å². The molecule has 0 aliphatic heterocycles. The summed E-state index contributed by atoms with van der Waals surface area (Å²) < 4.78 is 44.5. The lowest BCUT2D eigenvalue weighted by molar-refractivity contribution is 0.114. The van der Waals surface area contributed by atoms with Crippen LogP contribution in [0.3, 0.4) is 0 Å². The molecule has 2 aromatic carbocycles. The van der Waals surface area contributed by atoms with Crippen molar-refractivity contribution in [1.29, 1.82) is 0 Å². The van der Waals surface area contributed by atoms with E-state index in [1.54, 1.807) is 24.3 Å². The molecule has 2 saturated carbocycles. The maximum atomic E-state index is 15.1. The first-order valence-electron chi connectivity index (χ1n) is 13.5. The van der Waals surface area contributed by atoms with Crippen LogP contribution >= 0.6 is 0 Å². The number of halogens is 3. The molecule has 0 saturated heterocycles. The van der Waals surface area contributed by atoms with E-state index in [1.165, 1.54) is 31.7 Å². The van der Waals surface area contributed by atoms with Crippen molar-refractivity contribution in [3.8, 4) is 11.8 Å². The highest BCUT2D eigenvalue weighted by atomic mass is 19.2. The van der Waals surface area contributed by atoms with Crippen molar-refractivity contribution in [3.63, 3.8) is 0 Å². The number of rotatable bonds is 7. The van der Waals surface area contributed by atoms with Crippen LogP contribution in [0.5, 0.6) is 0 Å². The number of hydrogen-bond donors (Lipinski definition) is 0. The summed E-state index contributed by atoms with van der Waals surface area (Å²) in [5, 5.41) is 0. The number of fused-ring (bicyclic) bond motifs is 1. The number of hydrogen-bond acceptors (Lipinski definition) is 0. The number of aryl methyl sites for hydroxylation is 1. The highest BCUT2D eigenvalue weighted by molar-refractivity contribution is 5.46. The predicted molar refractivity (Wildman–Crippen MR) is 142 cm³/mol. The Morgan fingerprint density at radius 2 is 1.72 bits per heavy atom. The van der Waals surface area contributed by atoms with E-state index in [-0.39, 0.29) is 17.3 Å². The molecule has 2 aliphatic rings. The lowest BCUT2D eigenvalue weighted by Gasteiger charge is -2.42. The minimum absolute atomic E-state index is 0.0187. The summed E-state index contributed by atoms with van der Waals surface area (Å²) in [5.74, 6) is 5.73. The first kappa shape index (κ1) is 26.3. The molecule has 190 valence electrons. The van der Waals surface area contributed by atoms with Crippen LogP contribution in [0.2, 0.25) is 0 Å². The average molecular weight is 491 g/mol. The van der Waals surface area contributed by atoms with E-state index >= 15 is 4.39 Å². The van der Waals surface area contributed by atoms with Gasteiger partial charge in [-0.15, -0.1) is 6.58 Å². The zero-order chi connectivity index (χ0) is 25.5. The van der Waals surface area contributed by atoms with Gasteiger partial charge < -0.3 is 0 Å². The van der Waals surface area contributed by atoms with Gasteiger partial charge in [-0.3, -0.25) is 0 Å². The Balaban J connectivity index is 1.42. The van der Waals surface area contributed by atoms with Crippen LogP contribution in [0.25, 0.3) is 0 Å². The Morgan fingerprint density at radius 3 is 2.50 bits per heavy atom. The van der Waals surface area contributed by atoms with Crippen LogP contribution in [-0.4, -0.2) is 0 Å². The molecule has 0 aromatic heterocycles. The van der Waals surface area contributed by atoms with E-state index in [0.717, 1.165) is 43.9 Å². The second-order valence-corrected chi connectivity index (χ2v) is 10.6. The van der Waals surface area contributed by atoms with Crippen molar-refractivity contribution < 1.29 is 13.2 Å². The molecule has 0 radical (unpaired) electrons. The molecule has 4 unspecified atom stereocenters. The van der Waals surface area contributed by atoms with Gasteiger partial charge in [0.1, 0.15) is 5.82 Å². The highest BCUT2D eigenvalue weighted by Crippen LogP contribution is 2.48. The van der Waals surface area contributed by atoms with Crippen LogP contribution in [0.15, 0.2) is 55.1 Å². The van der Waals surface area contributed by atoms with Gasteiger partial charge in [0.15, 0.2) is 11.6 Å².